The second-order valence-corrected chi connectivity index (χ2v) is 3.26. The van der Waals surface area contributed by atoms with Gasteiger partial charge in [0, 0.05) is 0 Å². The Hall–Kier alpha value is -0.460. The second kappa shape index (κ2) is 5.33. The molecule has 0 aliphatic carbocycles. The molecule has 0 aromatic carbocycles. The van der Waals surface area contributed by atoms with Gasteiger partial charge in [-0.25, -0.2) is 0 Å². The largest absolute Gasteiger partial charge is 0.516 e. The Bertz CT molecular complexity index is 103. The molecule has 0 aromatic rings. The monoisotopic (exact) mass is 142 g/mol. The van der Waals surface area contributed by atoms with Crippen LogP contribution in [-0.2, 0) is 0 Å². The lowest BCUT2D eigenvalue weighted by molar-refractivity contribution is 0.461. The number of hydrogen-bond acceptors (Lipinski definition) is 1. The molecule has 0 aromatic heterocycles. The molecule has 0 atom stereocenters. The molecular weight excluding hydrogens is 124 g/mol. The van der Waals surface area contributed by atoms with Gasteiger partial charge in [-0.05, 0) is 31.3 Å². The van der Waals surface area contributed by atoms with Crippen LogP contribution >= 0.6 is 0 Å². The highest BCUT2D eigenvalue weighted by molar-refractivity contribution is 4.91. The molecule has 0 unspecified atom stereocenters. The average molecular weight is 142 g/mol. The standard InChI is InChI=1S/C9H18O/c1-8(2)5-4-6-9(3)7-10/h7-8,10H,4-6H2,1-3H3. The zero-order valence-electron chi connectivity index (χ0n) is 7.22. The van der Waals surface area contributed by atoms with Crippen LogP contribution in [0.15, 0.2) is 11.8 Å². The van der Waals surface area contributed by atoms with Crippen molar-refractivity contribution in [3.63, 3.8) is 0 Å². The van der Waals surface area contributed by atoms with Gasteiger partial charge >= 0.3 is 0 Å². The highest BCUT2D eigenvalue weighted by atomic mass is 16.2. The molecule has 1 nitrogen and oxygen atoms in total. The minimum absolute atomic E-state index is 0.784. The zero-order valence-corrected chi connectivity index (χ0v) is 7.22. The number of allylic oxidation sites excluding steroid dienone is 1. The first-order valence-electron chi connectivity index (χ1n) is 3.96. The van der Waals surface area contributed by atoms with Gasteiger partial charge in [0.15, 0.2) is 0 Å². The van der Waals surface area contributed by atoms with Crippen LogP contribution in [0.2, 0.25) is 0 Å². The normalized spacial score (nSPS) is 12.6. The molecule has 0 saturated carbocycles. The van der Waals surface area contributed by atoms with Gasteiger partial charge in [-0.1, -0.05) is 20.3 Å². The second-order valence-electron chi connectivity index (χ2n) is 3.26. The lowest BCUT2D eigenvalue weighted by Crippen LogP contribution is -1.87. The molecule has 0 bridgehead atoms. The fourth-order valence-electron chi connectivity index (χ4n) is 0.854. The van der Waals surface area contributed by atoms with E-state index >= 15 is 0 Å². The highest BCUT2D eigenvalue weighted by Crippen LogP contribution is 2.10. The van der Waals surface area contributed by atoms with E-state index in [9.17, 15) is 0 Å². The van der Waals surface area contributed by atoms with Gasteiger partial charge in [-0.2, -0.15) is 0 Å². The summed E-state index contributed by atoms with van der Waals surface area (Å²) < 4.78 is 0. The highest BCUT2D eigenvalue weighted by Gasteiger charge is 1.94. The summed E-state index contributed by atoms with van der Waals surface area (Å²) in [6.07, 6.45) is 4.70. The van der Waals surface area contributed by atoms with Crippen molar-refractivity contribution in [2.75, 3.05) is 0 Å². The minimum Gasteiger partial charge on any atom is -0.516 e. The molecule has 0 spiro atoms. The van der Waals surface area contributed by atoms with Crippen molar-refractivity contribution in [3.8, 4) is 0 Å². The minimum atomic E-state index is 0.784. The first-order valence-corrected chi connectivity index (χ1v) is 3.96. The summed E-state index contributed by atoms with van der Waals surface area (Å²) in [5.74, 6) is 0.784. The van der Waals surface area contributed by atoms with E-state index in [1.54, 1.807) is 0 Å². The number of rotatable bonds is 4. The summed E-state index contributed by atoms with van der Waals surface area (Å²) >= 11 is 0. The fourth-order valence-corrected chi connectivity index (χ4v) is 0.854. The van der Waals surface area contributed by atoms with Gasteiger partial charge in [-0.3, -0.25) is 0 Å². The van der Waals surface area contributed by atoms with Gasteiger partial charge in [-0.15, -0.1) is 0 Å². The van der Waals surface area contributed by atoms with Crippen molar-refractivity contribution in [2.24, 2.45) is 5.92 Å². The van der Waals surface area contributed by atoms with E-state index in [1.807, 2.05) is 6.92 Å². The first-order chi connectivity index (χ1) is 4.66. The van der Waals surface area contributed by atoms with Crippen molar-refractivity contribution in [1.82, 2.24) is 0 Å². The van der Waals surface area contributed by atoms with Crippen molar-refractivity contribution in [2.45, 2.75) is 40.0 Å². The molecule has 0 aliphatic rings. The summed E-state index contributed by atoms with van der Waals surface area (Å²) in [5.41, 5.74) is 1.08. The summed E-state index contributed by atoms with van der Waals surface area (Å²) in [4.78, 5) is 0. The molecule has 0 saturated heterocycles. The maximum Gasteiger partial charge on any atom is 0.0780 e. The fraction of sp³-hybridized carbons (Fsp3) is 0.778. The predicted octanol–water partition coefficient (Wildman–Crippen LogP) is 3.27. The Morgan fingerprint density at radius 1 is 1.50 bits per heavy atom. The topological polar surface area (TPSA) is 20.2 Å². The van der Waals surface area contributed by atoms with Gasteiger partial charge < -0.3 is 5.11 Å². The molecule has 1 N–H and O–H groups in total. The van der Waals surface area contributed by atoms with Gasteiger partial charge in [0.1, 0.15) is 0 Å². The van der Waals surface area contributed by atoms with Crippen LogP contribution in [0, 0.1) is 5.92 Å². The summed E-state index contributed by atoms with van der Waals surface area (Å²) in [6.45, 7) is 6.40. The Balaban J connectivity index is 3.20. The first kappa shape index (κ1) is 9.54. The lowest BCUT2D eigenvalue weighted by Gasteiger charge is -2.02. The van der Waals surface area contributed by atoms with Crippen LogP contribution in [-0.4, -0.2) is 5.11 Å². The van der Waals surface area contributed by atoms with E-state index in [2.05, 4.69) is 13.8 Å². The molecule has 0 aliphatic heterocycles. The van der Waals surface area contributed by atoms with E-state index in [0.29, 0.717) is 0 Å². The maximum atomic E-state index is 8.54. The maximum absolute atomic E-state index is 8.54. The van der Waals surface area contributed by atoms with Crippen LogP contribution in [0.4, 0.5) is 0 Å². The number of aliphatic hydroxyl groups excluding tert-OH is 1. The van der Waals surface area contributed by atoms with E-state index < -0.39 is 0 Å². The van der Waals surface area contributed by atoms with Gasteiger partial charge in [0.2, 0.25) is 0 Å². The SMILES string of the molecule is CC(=CO)CCCC(C)C. The van der Waals surface area contributed by atoms with Crippen LogP contribution in [0.25, 0.3) is 0 Å². The molecule has 0 amide bonds. The van der Waals surface area contributed by atoms with Gasteiger partial charge in [0.05, 0.1) is 6.26 Å². The number of aliphatic hydroxyl groups is 1. The third kappa shape index (κ3) is 5.67. The smallest absolute Gasteiger partial charge is 0.0780 e. The number of hydrogen-bond donors (Lipinski definition) is 1. The van der Waals surface area contributed by atoms with E-state index in [-0.39, 0.29) is 0 Å². The summed E-state index contributed by atoms with van der Waals surface area (Å²) in [7, 11) is 0. The molecule has 0 fully saturated rings. The Labute approximate surface area is 63.8 Å². The average Bonchev–Trinajstić information content (AvgIpc) is 1.87. The van der Waals surface area contributed by atoms with Crippen molar-refractivity contribution < 1.29 is 5.11 Å². The predicted molar refractivity (Wildman–Crippen MR) is 45.1 cm³/mol. The van der Waals surface area contributed by atoms with Crippen molar-refractivity contribution >= 4 is 0 Å². The molecule has 0 heterocycles. The Morgan fingerprint density at radius 2 is 2.10 bits per heavy atom. The van der Waals surface area contributed by atoms with Crippen LogP contribution in [0.1, 0.15) is 40.0 Å². The van der Waals surface area contributed by atoms with E-state index in [1.165, 1.54) is 19.1 Å². The quantitative estimate of drug-likeness (QED) is 0.597. The molecule has 1 heteroatoms. The molecule has 0 rings (SSSR count). The van der Waals surface area contributed by atoms with E-state index in [0.717, 1.165) is 17.9 Å². The third-order valence-corrected chi connectivity index (χ3v) is 1.57. The van der Waals surface area contributed by atoms with E-state index in [4.69, 9.17) is 5.11 Å². The van der Waals surface area contributed by atoms with Crippen molar-refractivity contribution in [1.29, 1.82) is 0 Å². The van der Waals surface area contributed by atoms with Crippen molar-refractivity contribution in [3.05, 3.63) is 11.8 Å². The molecule has 10 heavy (non-hydrogen) atoms. The third-order valence-electron chi connectivity index (χ3n) is 1.57. The Morgan fingerprint density at radius 3 is 2.50 bits per heavy atom. The van der Waals surface area contributed by atoms with Crippen LogP contribution < -0.4 is 0 Å². The van der Waals surface area contributed by atoms with Gasteiger partial charge in [0.25, 0.3) is 0 Å². The zero-order chi connectivity index (χ0) is 7.98. The van der Waals surface area contributed by atoms with Crippen LogP contribution in [0.3, 0.4) is 0 Å². The summed E-state index contributed by atoms with van der Waals surface area (Å²) in [6, 6.07) is 0. The van der Waals surface area contributed by atoms with Crippen LogP contribution in [0.5, 0.6) is 0 Å². The summed E-state index contributed by atoms with van der Waals surface area (Å²) in [5, 5.41) is 8.54. The molecular formula is C9H18O. The lowest BCUT2D eigenvalue weighted by atomic mass is 10.0. The molecule has 60 valence electrons. The Kier molecular flexibility index (Phi) is 5.09. The molecule has 0 radical (unpaired) electrons.